The van der Waals surface area contributed by atoms with Gasteiger partial charge >= 0.3 is 0 Å². The van der Waals surface area contributed by atoms with Gasteiger partial charge in [-0.1, -0.05) is 18.2 Å². The second-order valence-electron chi connectivity index (χ2n) is 4.41. The second kappa shape index (κ2) is 6.04. The van der Waals surface area contributed by atoms with Gasteiger partial charge in [0.2, 0.25) is 5.95 Å². The normalized spacial score (nSPS) is 10.4. The van der Waals surface area contributed by atoms with Crippen LogP contribution in [0.1, 0.15) is 17.7 Å². The van der Waals surface area contributed by atoms with Gasteiger partial charge in [0.15, 0.2) is 0 Å². The molecule has 2 rings (SSSR count). The van der Waals surface area contributed by atoms with E-state index in [1.807, 2.05) is 37.3 Å². The van der Waals surface area contributed by atoms with Crippen molar-refractivity contribution in [3.8, 4) is 0 Å². The minimum absolute atomic E-state index is 0.135. The fourth-order valence-electron chi connectivity index (χ4n) is 1.98. The molecule has 0 amide bonds. The predicted molar refractivity (Wildman–Crippen MR) is 77.3 cm³/mol. The third-order valence-corrected chi connectivity index (χ3v) is 2.95. The number of anilines is 2. The summed E-state index contributed by atoms with van der Waals surface area (Å²) in [6.45, 7) is 2.62. The highest BCUT2D eigenvalue weighted by Gasteiger charge is 2.06. The number of nitrogens with zero attached hydrogens (tertiary/aromatic N) is 1. The molecule has 0 radical (unpaired) electrons. The lowest BCUT2D eigenvalue weighted by Gasteiger charge is -2.07. The zero-order valence-electron chi connectivity index (χ0n) is 10.9. The van der Waals surface area contributed by atoms with Crippen LogP contribution in [0.15, 0.2) is 35.1 Å². The summed E-state index contributed by atoms with van der Waals surface area (Å²) in [6, 6.07) is 9.99. The van der Waals surface area contributed by atoms with Crippen molar-refractivity contribution in [2.45, 2.75) is 19.8 Å². The number of hydrogen-bond acceptors (Lipinski definition) is 4. The first-order valence-corrected chi connectivity index (χ1v) is 6.31. The quantitative estimate of drug-likeness (QED) is 0.713. The predicted octanol–water partition coefficient (Wildman–Crippen LogP) is 1.71. The topological polar surface area (TPSA) is 83.8 Å². The molecule has 100 valence electrons. The third-order valence-electron chi connectivity index (χ3n) is 2.95. The van der Waals surface area contributed by atoms with Crippen LogP contribution in [0, 0.1) is 6.92 Å². The van der Waals surface area contributed by atoms with E-state index in [0.29, 0.717) is 17.7 Å². The molecule has 0 atom stereocenters. The van der Waals surface area contributed by atoms with Crippen LogP contribution in [0.25, 0.3) is 0 Å². The maximum absolute atomic E-state index is 11.7. The summed E-state index contributed by atoms with van der Waals surface area (Å²) in [6.07, 6.45) is 1.55. The van der Waals surface area contributed by atoms with E-state index in [1.54, 1.807) is 0 Å². The summed E-state index contributed by atoms with van der Waals surface area (Å²) in [5.41, 5.74) is 7.85. The molecular weight excluding hydrogens is 240 g/mol. The van der Waals surface area contributed by atoms with Gasteiger partial charge in [-0.3, -0.25) is 9.78 Å². The van der Waals surface area contributed by atoms with E-state index in [-0.39, 0.29) is 11.5 Å². The zero-order chi connectivity index (χ0) is 13.7. The number of aromatic amines is 1. The van der Waals surface area contributed by atoms with Crippen molar-refractivity contribution in [3.05, 3.63) is 51.9 Å². The van der Waals surface area contributed by atoms with Crippen LogP contribution < -0.4 is 16.6 Å². The Hall–Kier alpha value is -2.30. The van der Waals surface area contributed by atoms with E-state index in [4.69, 9.17) is 5.73 Å². The molecule has 0 saturated carbocycles. The smallest absolute Gasteiger partial charge is 0.255 e. The summed E-state index contributed by atoms with van der Waals surface area (Å²) in [4.78, 5) is 18.3. The Balaban J connectivity index is 1.88. The second-order valence-corrected chi connectivity index (χ2v) is 4.41. The van der Waals surface area contributed by atoms with Crippen molar-refractivity contribution in [3.63, 3.8) is 0 Å². The highest BCUT2D eigenvalue weighted by Crippen LogP contribution is 2.07. The van der Waals surface area contributed by atoms with E-state index >= 15 is 0 Å². The average Bonchev–Trinajstić information content (AvgIpc) is 2.38. The standard InChI is InChI=1S/C14H18N4O/c1-10-12(13(19)18-14(15)17-10)8-5-9-16-11-6-3-2-4-7-11/h2-4,6-7,16H,5,8-9H2,1H3,(H3,15,17,18,19). The first kappa shape index (κ1) is 13.1. The number of benzene rings is 1. The molecule has 0 fully saturated rings. The van der Waals surface area contributed by atoms with Gasteiger partial charge in [0.05, 0.1) is 0 Å². The molecule has 5 nitrogen and oxygen atoms in total. The number of aryl methyl sites for hydroxylation is 1. The van der Waals surface area contributed by atoms with Crippen molar-refractivity contribution in [1.29, 1.82) is 0 Å². The van der Waals surface area contributed by atoms with E-state index in [9.17, 15) is 4.79 Å². The molecule has 0 saturated heterocycles. The average molecular weight is 258 g/mol. The lowest BCUT2D eigenvalue weighted by Crippen LogP contribution is -2.19. The molecular formula is C14H18N4O. The molecule has 19 heavy (non-hydrogen) atoms. The van der Waals surface area contributed by atoms with Gasteiger partial charge in [0.25, 0.3) is 5.56 Å². The van der Waals surface area contributed by atoms with Crippen LogP contribution in [-0.2, 0) is 6.42 Å². The highest BCUT2D eigenvalue weighted by molar-refractivity contribution is 5.42. The van der Waals surface area contributed by atoms with Gasteiger partial charge in [-0.05, 0) is 31.9 Å². The summed E-state index contributed by atoms with van der Waals surface area (Å²) in [7, 11) is 0. The molecule has 1 aromatic heterocycles. The molecule has 2 aromatic rings. The Labute approximate surface area is 111 Å². The van der Waals surface area contributed by atoms with Gasteiger partial charge in [-0.2, -0.15) is 0 Å². The molecule has 0 aliphatic heterocycles. The molecule has 0 unspecified atom stereocenters. The van der Waals surface area contributed by atoms with Crippen LogP contribution in [0.4, 0.5) is 11.6 Å². The zero-order valence-corrected chi connectivity index (χ0v) is 10.9. The first-order chi connectivity index (χ1) is 9.16. The largest absolute Gasteiger partial charge is 0.385 e. The summed E-state index contributed by atoms with van der Waals surface area (Å²) in [5.74, 6) is 0.175. The van der Waals surface area contributed by atoms with Crippen LogP contribution in [0.2, 0.25) is 0 Å². The fraction of sp³-hybridized carbons (Fsp3) is 0.286. The van der Waals surface area contributed by atoms with E-state index in [0.717, 1.165) is 18.7 Å². The molecule has 4 N–H and O–H groups in total. The lowest BCUT2D eigenvalue weighted by molar-refractivity contribution is 0.830. The summed E-state index contributed by atoms with van der Waals surface area (Å²) in [5, 5.41) is 3.31. The van der Waals surface area contributed by atoms with E-state index in [1.165, 1.54) is 0 Å². The Morgan fingerprint density at radius 2 is 2.05 bits per heavy atom. The number of nitrogens with two attached hydrogens (primary N) is 1. The monoisotopic (exact) mass is 258 g/mol. The Morgan fingerprint density at radius 1 is 1.32 bits per heavy atom. The van der Waals surface area contributed by atoms with Crippen molar-refractivity contribution in [2.24, 2.45) is 0 Å². The van der Waals surface area contributed by atoms with Crippen molar-refractivity contribution >= 4 is 11.6 Å². The van der Waals surface area contributed by atoms with Gasteiger partial charge in [-0.15, -0.1) is 0 Å². The molecule has 5 heteroatoms. The van der Waals surface area contributed by atoms with Gasteiger partial charge in [0.1, 0.15) is 0 Å². The fourth-order valence-corrected chi connectivity index (χ4v) is 1.98. The van der Waals surface area contributed by atoms with Gasteiger partial charge in [-0.25, -0.2) is 4.98 Å². The number of aromatic nitrogens is 2. The molecule has 0 spiro atoms. The maximum Gasteiger partial charge on any atom is 0.255 e. The summed E-state index contributed by atoms with van der Waals surface area (Å²) >= 11 is 0. The molecule has 0 aliphatic rings. The van der Waals surface area contributed by atoms with Crippen molar-refractivity contribution < 1.29 is 0 Å². The molecule has 0 aliphatic carbocycles. The van der Waals surface area contributed by atoms with E-state index < -0.39 is 0 Å². The van der Waals surface area contributed by atoms with Crippen LogP contribution in [0.5, 0.6) is 0 Å². The Kier molecular flexibility index (Phi) is 4.18. The maximum atomic E-state index is 11.7. The van der Waals surface area contributed by atoms with Gasteiger partial charge < -0.3 is 11.1 Å². The van der Waals surface area contributed by atoms with Crippen LogP contribution >= 0.6 is 0 Å². The highest BCUT2D eigenvalue weighted by atomic mass is 16.1. The minimum atomic E-state index is -0.135. The van der Waals surface area contributed by atoms with Crippen molar-refractivity contribution in [1.82, 2.24) is 9.97 Å². The summed E-state index contributed by atoms with van der Waals surface area (Å²) < 4.78 is 0. The lowest BCUT2D eigenvalue weighted by atomic mass is 10.1. The number of nitrogens with one attached hydrogen (secondary N) is 2. The van der Waals surface area contributed by atoms with Crippen LogP contribution in [0.3, 0.4) is 0 Å². The molecule has 1 heterocycles. The van der Waals surface area contributed by atoms with Crippen molar-refractivity contribution in [2.75, 3.05) is 17.6 Å². The number of H-pyrrole nitrogens is 1. The SMILES string of the molecule is Cc1nc(N)[nH]c(=O)c1CCCNc1ccccc1. The van der Waals surface area contributed by atoms with E-state index in [2.05, 4.69) is 15.3 Å². The minimum Gasteiger partial charge on any atom is -0.385 e. The van der Waals surface area contributed by atoms with Gasteiger partial charge in [0, 0.05) is 23.5 Å². The molecule has 1 aromatic carbocycles. The number of rotatable bonds is 5. The number of para-hydroxylation sites is 1. The first-order valence-electron chi connectivity index (χ1n) is 6.31. The number of nitrogen functional groups attached to an aromatic ring is 1. The Bertz CT molecular complexity index is 592. The molecule has 0 bridgehead atoms. The van der Waals surface area contributed by atoms with Crippen LogP contribution in [-0.4, -0.2) is 16.5 Å². The Morgan fingerprint density at radius 3 is 2.74 bits per heavy atom. The number of hydrogen-bond donors (Lipinski definition) is 3. The third kappa shape index (κ3) is 3.58.